The van der Waals surface area contributed by atoms with Gasteiger partial charge in [0, 0.05) is 54.3 Å². The topological polar surface area (TPSA) is 74.8 Å². The van der Waals surface area contributed by atoms with Crippen molar-refractivity contribution in [3.63, 3.8) is 0 Å². The molecule has 0 amide bonds. The van der Waals surface area contributed by atoms with Crippen molar-refractivity contribution in [2.24, 2.45) is 0 Å². The second-order valence-electron chi connectivity index (χ2n) is 16.0. The molecular weight excluding hydrogens is 763 g/mol. The molecule has 0 saturated heterocycles. The van der Waals surface area contributed by atoms with Gasteiger partial charge in [-0.2, -0.15) is 9.97 Å². The van der Waals surface area contributed by atoms with E-state index in [1.165, 1.54) is 21.5 Å². The van der Waals surface area contributed by atoms with E-state index in [-0.39, 0.29) is 0 Å². The SMILES string of the molecule is c1ccc2cc3c(cc2c1)c1ccccc1n3-c1cc(-c2nc(-c3ccc4oc5ccccc5c4c3)nc(-n3c4ccccc4c4ccccc43)n2)c2oc3ccccc3c2c1. The lowest BCUT2D eigenvalue weighted by molar-refractivity contribution is 0.669. The van der Waals surface area contributed by atoms with Gasteiger partial charge in [0.2, 0.25) is 5.95 Å². The van der Waals surface area contributed by atoms with E-state index in [4.69, 9.17) is 23.8 Å². The summed E-state index contributed by atoms with van der Waals surface area (Å²) in [4.78, 5) is 16.1. The lowest BCUT2D eigenvalue weighted by atomic mass is 10.1. The van der Waals surface area contributed by atoms with Gasteiger partial charge in [-0.25, -0.2) is 4.98 Å². The van der Waals surface area contributed by atoms with Crippen molar-refractivity contribution >= 4 is 98.3 Å². The summed E-state index contributed by atoms with van der Waals surface area (Å²) in [5.41, 5.74) is 9.98. The predicted molar refractivity (Wildman–Crippen MR) is 251 cm³/mol. The summed E-state index contributed by atoms with van der Waals surface area (Å²) in [6, 6.07) is 65.7. The van der Waals surface area contributed by atoms with Gasteiger partial charge in [0.15, 0.2) is 11.6 Å². The first kappa shape index (κ1) is 33.3. The normalized spacial score (nSPS) is 12.2. The molecule has 7 nitrogen and oxygen atoms in total. The summed E-state index contributed by atoms with van der Waals surface area (Å²) in [5.74, 6) is 1.55. The van der Waals surface area contributed by atoms with E-state index >= 15 is 0 Å². The van der Waals surface area contributed by atoms with E-state index in [0.717, 1.165) is 87.9 Å². The number of furan rings is 2. The lowest BCUT2D eigenvalue weighted by Crippen LogP contribution is -2.07. The largest absolute Gasteiger partial charge is 0.456 e. The first-order chi connectivity index (χ1) is 30.7. The maximum absolute atomic E-state index is 6.83. The second kappa shape index (κ2) is 12.5. The molecule has 5 heterocycles. The number of para-hydroxylation sites is 5. The van der Waals surface area contributed by atoms with E-state index in [0.29, 0.717) is 23.2 Å². The quantitative estimate of drug-likeness (QED) is 0.177. The molecule has 0 radical (unpaired) electrons. The molecule has 5 aromatic heterocycles. The molecule has 0 N–H and O–H groups in total. The van der Waals surface area contributed by atoms with Crippen molar-refractivity contribution in [3.05, 3.63) is 188 Å². The van der Waals surface area contributed by atoms with Gasteiger partial charge in [0.25, 0.3) is 0 Å². The van der Waals surface area contributed by atoms with Crippen molar-refractivity contribution in [2.45, 2.75) is 0 Å². The summed E-state index contributed by atoms with van der Waals surface area (Å²) >= 11 is 0. The Balaban J connectivity index is 1.10. The third-order valence-electron chi connectivity index (χ3n) is 12.5. The minimum Gasteiger partial charge on any atom is -0.456 e. The summed E-state index contributed by atoms with van der Waals surface area (Å²) in [5, 5.41) is 11.0. The van der Waals surface area contributed by atoms with E-state index in [9.17, 15) is 0 Å². The molecule has 7 heteroatoms. The summed E-state index contributed by atoms with van der Waals surface area (Å²) < 4.78 is 17.6. The fourth-order valence-electron chi connectivity index (χ4n) is 9.76. The monoisotopic (exact) mass is 793 g/mol. The van der Waals surface area contributed by atoms with Crippen molar-refractivity contribution in [3.8, 4) is 34.4 Å². The van der Waals surface area contributed by atoms with E-state index in [1.807, 2.05) is 42.5 Å². The van der Waals surface area contributed by atoms with Gasteiger partial charge >= 0.3 is 0 Å². The minimum atomic E-state index is 0.501. The molecule has 14 rings (SSSR count). The highest BCUT2D eigenvalue weighted by Gasteiger charge is 2.23. The summed E-state index contributed by atoms with van der Waals surface area (Å²) in [6.07, 6.45) is 0. The number of aromatic nitrogens is 5. The second-order valence-corrected chi connectivity index (χ2v) is 16.0. The van der Waals surface area contributed by atoms with E-state index in [1.54, 1.807) is 0 Å². The van der Waals surface area contributed by atoms with Gasteiger partial charge < -0.3 is 13.4 Å². The van der Waals surface area contributed by atoms with Crippen LogP contribution in [0.4, 0.5) is 0 Å². The highest BCUT2D eigenvalue weighted by Crippen LogP contribution is 2.42. The Hall–Kier alpha value is -8.55. The van der Waals surface area contributed by atoms with E-state index in [2.05, 4.69) is 155 Å². The zero-order chi connectivity index (χ0) is 40.5. The van der Waals surface area contributed by atoms with Gasteiger partial charge in [0.05, 0.1) is 27.6 Å². The van der Waals surface area contributed by atoms with Crippen LogP contribution in [-0.2, 0) is 0 Å². The molecule has 0 aliphatic carbocycles. The van der Waals surface area contributed by atoms with Gasteiger partial charge in [-0.1, -0.05) is 115 Å². The van der Waals surface area contributed by atoms with Crippen LogP contribution in [0.1, 0.15) is 0 Å². The molecule has 14 aromatic rings. The number of benzene rings is 9. The van der Waals surface area contributed by atoms with Crippen LogP contribution in [0.15, 0.2) is 197 Å². The molecule has 9 aromatic carbocycles. The maximum Gasteiger partial charge on any atom is 0.238 e. The van der Waals surface area contributed by atoms with Gasteiger partial charge in [-0.3, -0.25) is 4.57 Å². The fourth-order valence-corrected chi connectivity index (χ4v) is 9.76. The molecule has 0 spiro atoms. The molecule has 0 unspecified atom stereocenters. The number of hydrogen-bond donors (Lipinski definition) is 0. The third kappa shape index (κ3) is 4.73. The van der Waals surface area contributed by atoms with Crippen LogP contribution in [-0.4, -0.2) is 24.1 Å². The molecular formula is C55H31N5O2. The fraction of sp³-hybridized carbons (Fsp3) is 0. The van der Waals surface area contributed by atoms with Gasteiger partial charge in [-0.15, -0.1) is 0 Å². The van der Waals surface area contributed by atoms with Crippen molar-refractivity contribution < 1.29 is 8.83 Å². The minimum absolute atomic E-state index is 0.501. The third-order valence-corrected chi connectivity index (χ3v) is 12.5. The average Bonchev–Trinajstić information content (AvgIpc) is 4.08. The number of hydrogen-bond acceptors (Lipinski definition) is 5. The van der Waals surface area contributed by atoms with E-state index < -0.39 is 0 Å². The highest BCUT2D eigenvalue weighted by molar-refractivity contribution is 6.15. The Labute approximate surface area is 352 Å². The van der Waals surface area contributed by atoms with Crippen LogP contribution in [0.25, 0.3) is 133 Å². The standard InChI is InChI=1S/C55H31N5O2/c1-2-14-33-29-48-41(27-32(33)13-1)38-17-5-8-20-45(38)59(48)35-30-43-40-19-7-12-24-50(40)62-52(43)44(31-35)54-56-53(34-25-26-51-42(28-34)39-18-6-11-23-49(39)61-51)57-55(58-54)60-46-21-9-3-15-36(46)37-16-4-10-22-47(37)60/h1-31H. The summed E-state index contributed by atoms with van der Waals surface area (Å²) in [7, 11) is 0. The molecule has 62 heavy (non-hydrogen) atoms. The first-order valence-corrected chi connectivity index (χ1v) is 20.8. The molecule has 0 atom stereocenters. The number of nitrogens with zero attached hydrogens (tertiary/aromatic N) is 5. The smallest absolute Gasteiger partial charge is 0.238 e. The first-order valence-electron chi connectivity index (χ1n) is 20.8. The zero-order valence-electron chi connectivity index (χ0n) is 33.0. The zero-order valence-corrected chi connectivity index (χ0v) is 33.0. The van der Waals surface area contributed by atoms with Crippen molar-refractivity contribution in [1.82, 2.24) is 24.1 Å². The van der Waals surface area contributed by atoms with Crippen LogP contribution >= 0.6 is 0 Å². The maximum atomic E-state index is 6.83. The van der Waals surface area contributed by atoms with Crippen LogP contribution in [0, 0.1) is 0 Å². The van der Waals surface area contributed by atoms with Crippen LogP contribution in [0.3, 0.4) is 0 Å². The number of rotatable bonds is 4. The van der Waals surface area contributed by atoms with Crippen LogP contribution in [0.5, 0.6) is 0 Å². The van der Waals surface area contributed by atoms with Gasteiger partial charge in [-0.05, 0) is 83.6 Å². The molecule has 288 valence electrons. The lowest BCUT2D eigenvalue weighted by Gasteiger charge is -2.13. The van der Waals surface area contributed by atoms with Crippen LogP contribution < -0.4 is 0 Å². The number of fused-ring (bicyclic) bond motifs is 13. The van der Waals surface area contributed by atoms with Crippen molar-refractivity contribution in [1.29, 1.82) is 0 Å². The van der Waals surface area contributed by atoms with Crippen molar-refractivity contribution in [2.75, 3.05) is 0 Å². The average molecular weight is 794 g/mol. The molecule has 0 bridgehead atoms. The Morgan fingerprint density at radius 2 is 0.887 bits per heavy atom. The Morgan fingerprint density at radius 1 is 0.339 bits per heavy atom. The Kier molecular flexibility index (Phi) is 6.71. The summed E-state index contributed by atoms with van der Waals surface area (Å²) in [6.45, 7) is 0. The van der Waals surface area contributed by atoms with Gasteiger partial charge in [0.1, 0.15) is 22.3 Å². The Bertz CT molecular complexity index is 4130. The molecule has 0 saturated carbocycles. The highest BCUT2D eigenvalue weighted by atomic mass is 16.3. The van der Waals surface area contributed by atoms with Crippen LogP contribution in [0.2, 0.25) is 0 Å². The Morgan fingerprint density at radius 3 is 1.61 bits per heavy atom. The molecule has 0 fully saturated rings. The molecule has 0 aliphatic heterocycles. The predicted octanol–water partition coefficient (Wildman–Crippen LogP) is 14.4. The molecule has 0 aliphatic rings.